The van der Waals surface area contributed by atoms with Crippen molar-refractivity contribution in [1.29, 1.82) is 0 Å². The van der Waals surface area contributed by atoms with Gasteiger partial charge in [0.05, 0.1) is 11.0 Å². The monoisotopic (exact) mass is 443 g/mol. The lowest BCUT2D eigenvalue weighted by Crippen LogP contribution is -2.24. The van der Waals surface area contributed by atoms with Gasteiger partial charge >= 0.3 is 0 Å². The quantitative estimate of drug-likeness (QED) is 0.381. The summed E-state index contributed by atoms with van der Waals surface area (Å²) in [6.45, 7) is 3.96. The lowest BCUT2D eigenvalue weighted by Gasteiger charge is -2.23. The predicted octanol–water partition coefficient (Wildman–Crippen LogP) is 6.87. The molecule has 2 heterocycles. The van der Waals surface area contributed by atoms with E-state index in [0.29, 0.717) is 6.42 Å². The number of anilines is 1. The summed E-state index contributed by atoms with van der Waals surface area (Å²) < 4.78 is 2.43. The minimum absolute atomic E-state index is 0.149. The molecular formula is C29H37N3O. The summed E-state index contributed by atoms with van der Waals surface area (Å²) >= 11 is 0. The lowest BCUT2D eigenvalue weighted by molar-refractivity contribution is -0.117. The third-order valence-corrected chi connectivity index (χ3v) is 7.73. The first-order valence-corrected chi connectivity index (χ1v) is 13.1. The summed E-state index contributed by atoms with van der Waals surface area (Å²) in [5.41, 5.74) is 4.65. The van der Waals surface area contributed by atoms with Gasteiger partial charge in [-0.25, -0.2) is 4.98 Å². The Labute approximate surface area is 198 Å². The summed E-state index contributed by atoms with van der Waals surface area (Å²) in [6.07, 6.45) is 12.2. The number of imidazole rings is 1. The van der Waals surface area contributed by atoms with E-state index in [4.69, 9.17) is 4.98 Å². The molecule has 1 aliphatic heterocycles. The van der Waals surface area contributed by atoms with Crippen LogP contribution in [-0.2, 0) is 17.8 Å². The molecule has 0 N–H and O–H groups in total. The Bertz CT molecular complexity index is 1080. The number of hydrogen-bond donors (Lipinski definition) is 0. The van der Waals surface area contributed by atoms with E-state index in [0.717, 1.165) is 42.5 Å². The van der Waals surface area contributed by atoms with Gasteiger partial charge in [-0.3, -0.25) is 4.79 Å². The van der Waals surface area contributed by atoms with Crippen LogP contribution in [0.2, 0.25) is 0 Å². The van der Waals surface area contributed by atoms with Gasteiger partial charge in [-0.15, -0.1) is 0 Å². The highest BCUT2D eigenvalue weighted by molar-refractivity contribution is 5.96. The normalized spacial score (nSPS) is 19.6. The Balaban J connectivity index is 1.36. The molecule has 174 valence electrons. The fraction of sp³-hybridized carbons (Fsp3) is 0.517. The van der Waals surface area contributed by atoms with Crippen molar-refractivity contribution < 1.29 is 4.79 Å². The van der Waals surface area contributed by atoms with Crippen molar-refractivity contribution in [1.82, 2.24) is 9.55 Å². The number of unbranched alkanes of at least 4 members (excludes halogenated alkanes) is 1. The van der Waals surface area contributed by atoms with Gasteiger partial charge in [0.25, 0.3) is 0 Å². The maximum Gasteiger partial charge on any atom is 0.227 e. The number of fused-ring (bicyclic) bond motifs is 1. The highest BCUT2D eigenvalue weighted by Gasteiger charge is 2.35. The van der Waals surface area contributed by atoms with Crippen LogP contribution in [0.3, 0.4) is 0 Å². The van der Waals surface area contributed by atoms with Gasteiger partial charge < -0.3 is 9.47 Å². The molecule has 0 radical (unpaired) electrons. The number of benzene rings is 2. The van der Waals surface area contributed by atoms with Crippen LogP contribution in [-0.4, -0.2) is 22.0 Å². The second kappa shape index (κ2) is 10.1. The summed E-state index contributed by atoms with van der Waals surface area (Å²) in [5.74, 6) is 2.30. The van der Waals surface area contributed by atoms with Crippen LogP contribution in [0.5, 0.6) is 0 Å². The van der Waals surface area contributed by atoms with Gasteiger partial charge in [0.2, 0.25) is 5.91 Å². The molecule has 1 atom stereocenters. The van der Waals surface area contributed by atoms with Crippen molar-refractivity contribution in [3.63, 3.8) is 0 Å². The minimum Gasteiger partial charge on any atom is -0.328 e. The number of aromatic nitrogens is 2. The number of para-hydroxylation sites is 2. The topological polar surface area (TPSA) is 38.1 Å². The Morgan fingerprint density at radius 3 is 2.58 bits per heavy atom. The lowest BCUT2D eigenvalue weighted by atomic mass is 9.87. The van der Waals surface area contributed by atoms with E-state index in [1.807, 2.05) is 4.90 Å². The fourth-order valence-corrected chi connectivity index (χ4v) is 5.78. The van der Waals surface area contributed by atoms with Crippen molar-refractivity contribution in [3.8, 4) is 0 Å². The van der Waals surface area contributed by atoms with Crippen LogP contribution in [0.15, 0.2) is 48.5 Å². The minimum atomic E-state index is 0.149. The predicted molar refractivity (Wildman–Crippen MR) is 136 cm³/mol. The second-order valence-electron chi connectivity index (χ2n) is 10.1. The zero-order valence-electron chi connectivity index (χ0n) is 20.0. The molecule has 1 saturated heterocycles. The number of hydrogen-bond acceptors (Lipinski definition) is 2. The highest BCUT2D eigenvalue weighted by atomic mass is 16.2. The maximum absolute atomic E-state index is 13.0. The number of rotatable bonds is 8. The van der Waals surface area contributed by atoms with E-state index in [1.54, 1.807) is 0 Å². The molecule has 2 fully saturated rings. The van der Waals surface area contributed by atoms with Crippen molar-refractivity contribution >= 4 is 22.6 Å². The number of aryl methyl sites for hydroxylation is 2. The van der Waals surface area contributed by atoms with Crippen molar-refractivity contribution in [2.24, 2.45) is 5.92 Å². The highest BCUT2D eigenvalue weighted by Crippen LogP contribution is 2.34. The SMILES string of the molecule is CCCCc1ccc(N2CC(c3nc4ccccc4n3CCC3CCCCC3)CC2=O)cc1. The van der Waals surface area contributed by atoms with Gasteiger partial charge in [0.15, 0.2) is 0 Å². The number of nitrogens with zero attached hydrogens (tertiary/aromatic N) is 3. The molecule has 3 aromatic rings. The first-order valence-electron chi connectivity index (χ1n) is 13.1. The summed E-state index contributed by atoms with van der Waals surface area (Å²) in [7, 11) is 0. The van der Waals surface area contributed by atoms with Crippen LogP contribution in [0.25, 0.3) is 11.0 Å². The Kier molecular flexibility index (Phi) is 6.80. The Morgan fingerprint density at radius 2 is 1.79 bits per heavy atom. The van der Waals surface area contributed by atoms with Gasteiger partial charge in [-0.1, -0.05) is 69.7 Å². The molecular weight excluding hydrogens is 406 g/mol. The molecule has 1 aromatic heterocycles. The third-order valence-electron chi connectivity index (χ3n) is 7.73. The first kappa shape index (κ1) is 22.2. The van der Waals surface area contributed by atoms with Gasteiger partial charge in [0, 0.05) is 31.1 Å². The van der Waals surface area contributed by atoms with Gasteiger partial charge in [0.1, 0.15) is 5.82 Å². The van der Waals surface area contributed by atoms with Crippen LogP contribution in [0, 0.1) is 5.92 Å². The molecule has 1 amide bonds. The molecule has 1 aliphatic carbocycles. The molecule has 1 saturated carbocycles. The molecule has 0 bridgehead atoms. The maximum atomic E-state index is 13.0. The molecule has 1 unspecified atom stereocenters. The van der Waals surface area contributed by atoms with Crippen LogP contribution in [0.1, 0.15) is 82.0 Å². The molecule has 4 heteroatoms. The first-order chi connectivity index (χ1) is 16.2. The van der Waals surface area contributed by atoms with E-state index in [9.17, 15) is 4.79 Å². The van der Waals surface area contributed by atoms with E-state index < -0.39 is 0 Å². The largest absolute Gasteiger partial charge is 0.328 e. The summed E-state index contributed by atoms with van der Waals surface area (Å²) in [4.78, 5) is 20.1. The molecule has 4 nitrogen and oxygen atoms in total. The molecule has 2 aromatic carbocycles. The number of carbonyl (C=O) groups is 1. The Hall–Kier alpha value is -2.62. The molecule has 0 spiro atoms. The number of carbonyl (C=O) groups excluding carboxylic acids is 1. The Morgan fingerprint density at radius 1 is 1.00 bits per heavy atom. The van der Waals surface area contributed by atoms with E-state index in [-0.39, 0.29) is 11.8 Å². The third kappa shape index (κ3) is 4.85. The molecule has 2 aliphatic rings. The second-order valence-corrected chi connectivity index (χ2v) is 10.1. The van der Waals surface area contributed by atoms with Crippen molar-refractivity contribution in [3.05, 3.63) is 59.9 Å². The fourth-order valence-electron chi connectivity index (χ4n) is 5.78. The zero-order chi connectivity index (χ0) is 22.6. The van der Waals surface area contributed by atoms with Crippen LogP contribution < -0.4 is 4.90 Å². The smallest absolute Gasteiger partial charge is 0.227 e. The van der Waals surface area contributed by atoms with Gasteiger partial charge in [-0.05, 0) is 55.0 Å². The summed E-state index contributed by atoms with van der Waals surface area (Å²) in [5, 5.41) is 0. The number of amides is 1. The van der Waals surface area contributed by atoms with Crippen LogP contribution in [0.4, 0.5) is 5.69 Å². The standard InChI is InChI=1S/C29H37N3O/c1-2-3-9-23-14-16-25(17-15-23)32-21-24(20-28(32)33)29-30-26-12-7-8-13-27(26)31(29)19-18-22-10-5-4-6-11-22/h7-8,12-17,22,24H,2-6,9-11,18-21H2,1H3. The zero-order valence-corrected chi connectivity index (χ0v) is 20.0. The van der Waals surface area contributed by atoms with E-state index >= 15 is 0 Å². The van der Waals surface area contributed by atoms with Gasteiger partial charge in [-0.2, -0.15) is 0 Å². The summed E-state index contributed by atoms with van der Waals surface area (Å²) in [6, 6.07) is 17.1. The van der Waals surface area contributed by atoms with Crippen molar-refractivity contribution in [2.75, 3.05) is 11.4 Å². The average molecular weight is 444 g/mol. The van der Waals surface area contributed by atoms with Crippen molar-refractivity contribution in [2.45, 2.75) is 83.6 Å². The van der Waals surface area contributed by atoms with E-state index in [1.165, 1.54) is 62.4 Å². The molecule has 33 heavy (non-hydrogen) atoms. The van der Waals surface area contributed by atoms with Crippen LogP contribution >= 0.6 is 0 Å². The molecule has 5 rings (SSSR count). The average Bonchev–Trinajstić information content (AvgIpc) is 3.43. The van der Waals surface area contributed by atoms with E-state index in [2.05, 4.69) is 60.0 Å².